The van der Waals surface area contributed by atoms with E-state index in [1.807, 2.05) is 31.2 Å². The molecule has 1 fully saturated rings. The summed E-state index contributed by atoms with van der Waals surface area (Å²) >= 11 is 0. The SMILES string of the molecule is CCc1ccccc1NC(=O)C[C@@H](C)S(=O)(=O)c1ccc2c(c1)CCN2C(=O)C1CC1. The number of sulfone groups is 1. The van der Waals surface area contributed by atoms with Gasteiger partial charge < -0.3 is 10.2 Å². The Labute approximate surface area is 183 Å². The molecule has 1 heterocycles. The van der Waals surface area contributed by atoms with Crippen LogP contribution in [0.25, 0.3) is 0 Å². The van der Waals surface area contributed by atoms with Gasteiger partial charge in [0.25, 0.3) is 0 Å². The van der Waals surface area contributed by atoms with Crippen LogP contribution in [0, 0.1) is 5.92 Å². The highest BCUT2D eigenvalue weighted by Crippen LogP contribution is 2.37. The zero-order valence-electron chi connectivity index (χ0n) is 17.9. The van der Waals surface area contributed by atoms with E-state index in [-0.39, 0.29) is 29.0 Å². The number of amides is 2. The number of hydrogen-bond donors (Lipinski definition) is 1. The largest absolute Gasteiger partial charge is 0.326 e. The molecule has 0 saturated heterocycles. The molecule has 0 aromatic heterocycles. The van der Waals surface area contributed by atoms with Crippen molar-refractivity contribution in [3.8, 4) is 0 Å². The van der Waals surface area contributed by atoms with Gasteiger partial charge in [0.2, 0.25) is 11.8 Å². The molecule has 1 saturated carbocycles. The van der Waals surface area contributed by atoms with Crippen molar-refractivity contribution in [1.29, 1.82) is 0 Å². The molecular weight excluding hydrogens is 412 g/mol. The van der Waals surface area contributed by atoms with Crippen LogP contribution in [0.5, 0.6) is 0 Å². The highest BCUT2D eigenvalue weighted by molar-refractivity contribution is 7.92. The first-order valence-corrected chi connectivity index (χ1v) is 12.4. The molecule has 0 spiro atoms. The fraction of sp³-hybridized carbons (Fsp3) is 0.417. The maximum absolute atomic E-state index is 13.1. The summed E-state index contributed by atoms with van der Waals surface area (Å²) in [5, 5.41) is 1.99. The zero-order chi connectivity index (χ0) is 22.2. The molecule has 4 rings (SSSR count). The van der Waals surface area contributed by atoms with E-state index in [0.717, 1.165) is 41.8 Å². The number of para-hydroxylation sites is 1. The molecule has 31 heavy (non-hydrogen) atoms. The fourth-order valence-corrected chi connectivity index (χ4v) is 5.49. The number of nitrogens with zero attached hydrogens (tertiary/aromatic N) is 1. The normalized spacial score (nSPS) is 16.6. The minimum Gasteiger partial charge on any atom is -0.326 e. The number of fused-ring (bicyclic) bond motifs is 1. The fourth-order valence-electron chi connectivity index (χ4n) is 4.09. The molecule has 1 aliphatic carbocycles. The van der Waals surface area contributed by atoms with Crippen molar-refractivity contribution in [3.05, 3.63) is 53.6 Å². The predicted molar refractivity (Wildman–Crippen MR) is 121 cm³/mol. The minimum absolute atomic E-state index is 0.121. The van der Waals surface area contributed by atoms with Gasteiger partial charge in [0.1, 0.15) is 0 Å². The van der Waals surface area contributed by atoms with Crippen LogP contribution in [0.4, 0.5) is 11.4 Å². The van der Waals surface area contributed by atoms with Crippen molar-refractivity contribution in [1.82, 2.24) is 0 Å². The molecule has 7 heteroatoms. The Kier molecular flexibility index (Phi) is 5.88. The third-order valence-corrected chi connectivity index (χ3v) is 8.28. The topological polar surface area (TPSA) is 83.6 Å². The molecule has 0 radical (unpaired) electrons. The Balaban J connectivity index is 1.46. The summed E-state index contributed by atoms with van der Waals surface area (Å²) in [6.07, 6.45) is 3.20. The second kappa shape index (κ2) is 8.46. The van der Waals surface area contributed by atoms with Crippen molar-refractivity contribution >= 4 is 33.0 Å². The molecule has 0 bridgehead atoms. The summed E-state index contributed by atoms with van der Waals surface area (Å²) in [6.45, 7) is 4.17. The Bertz CT molecular complexity index is 1120. The number of nitrogens with one attached hydrogen (secondary N) is 1. The molecule has 2 amide bonds. The van der Waals surface area contributed by atoms with Crippen LogP contribution in [-0.4, -0.2) is 32.0 Å². The second-order valence-corrected chi connectivity index (χ2v) is 10.8. The van der Waals surface area contributed by atoms with Crippen LogP contribution >= 0.6 is 0 Å². The van der Waals surface area contributed by atoms with Gasteiger partial charge in [-0.3, -0.25) is 9.59 Å². The first kappa shape index (κ1) is 21.6. The third kappa shape index (κ3) is 4.37. The molecule has 1 aliphatic heterocycles. The lowest BCUT2D eigenvalue weighted by Gasteiger charge is -2.18. The van der Waals surface area contributed by atoms with Gasteiger partial charge in [-0.05, 0) is 68.0 Å². The van der Waals surface area contributed by atoms with Crippen molar-refractivity contribution in [2.75, 3.05) is 16.8 Å². The lowest BCUT2D eigenvalue weighted by Crippen LogP contribution is -2.30. The quantitative estimate of drug-likeness (QED) is 0.711. The van der Waals surface area contributed by atoms with Crippen LogP contribution in [0.3, 0.4) is 0 Å². The van der Waals surface area contributed by atoms with Gasteiger partial charge in [-0.15, -0.1) is 0 Å². The molecule has 0 unspecified atom stereocenters. The molecule has 2 aromatic carbocycles. The minimum atomic E-state index is -3.67. The average molecular weight is 441 g/mol. The van der Waals surface area contributed by atoms with E-state index < -0.39 is 15.1 Å². The lowest BCUT2D eigenvalue weighted by molar-refractivity contribution is -0.119. The van der Waals surface area contributed by atoms with Crippen LogP contribution in [0.1, 0.15) is 44.2 Å². The van der Waals surface area contributed by atoms with Crippen molar-refractivity contribution in [3.63, 3.8) is 0 Å². The van der Waals surface area contributed by atoms with E-state index in [1.165, 1.54) is 0 Å². The first-order chi connectivity index (χ1) is 14.8. The van der Waals surface area contributed by atoms with Crippen LogP contribution < -0.4 is 10.2 Å². The number of benzene rings is 2. The standard InChI is InChI=1S/C24H28N2O4S/c1-3-17-6-4-5-7-21(17)25-23(27)14-16(2)31(29,30)20-10-11-22-19(15-20)12-13-26(22)24(28)18-8-9-18/h4-7,10-11,15-16,18H,3,8-9,12-14H2,1-2H3,(H,25,27)/t16-/m1/s1. The number of hydrogen-bond acceptors (Lipinski definition) is 4. The van der Waals surface area contributed by atoms with E-state index in [2.05, 4.69) is 5.32 Å². The number of carbonyl (C=O) groups excluding carboxylic acids is 2. The van der Waals surface area contributed by atoms with Crippen LogP contribution in [-0.2, 0) is 32.3 Å². The second-order valence-electron chi connectivity index (χ2n) is 8.42. The Hall–Kier alpha value is -2.67. The van der Waals surface area contributed by atoms with E-state index in [4.69, 9.17) is 0 Å². The molecule has 1 atom stereocenters. The van der Waals surface area contributed by atoms with E-state index in [9.17, 15) is 18.0 Å². The summed E-state index contributed by atoms with van der Waals surface area (Å²) < 4.78 is 26.2. The van der Waals surface area contributed by atoms with Gasteiger partial charge in [-0.25, -0.2) is 8.42 Å². The highest BCUT2D eigenvalue weighted by Gasteiger charge is 2.37. The van der Waals surface area contributed by atoms with Crippen molar-refractivity contribution in [2.45, 2.75) is 56.1 Å². The lowest BCUT2D eigenvalue weighted by atomic mass is 10.1. The van der Waals surface area contributed by atoms with Gasteiger partial charge in [0.15, 0.2) is 9.84 Å². The Morgan fingerprint density at radius 1 is 1.16 bits per heavy atom. The van der Waals surface area contributed by atoms with Crippen molar-refractivity contribution in [2.24, 2.45) is 5.92 Å². The summed E-state index contributed by atoms with van der Waals surface area (Å²) in [4.78, 5) is 27.0. The van der Waals surface area contributed by atoms with Gasteiger partial charge in [0.05, 0.1) is 10.1 Å². The Morgan fingerprint density at radius 2 is 1.90 bits per heavy atom. The zero-order valence-corrected chi connectivity index (χ0v) is 18.7. The molecule has 164 valence electrons. The third-order valence-electron chi connectivity index (χ3n) is 6.14. The van der Waals surface area contributed by atoms with Gasteiger partial charge in [-0.1, -0.05) is 25.1 Å². The van der Waals surface area contributed by atoms with E-state index in [0.29, 0.717) is 13.0 Å². The van der Waals surface area contributed by atoms with Crippen molar-refractivity contribution < 1.29 is 18.0 Å². The maximum Gasteiger partial charge on any atom is 0.230 e. The van der Waals surface area contributed by atoms with Gasteiger partial charge >= 0.3 is 0 Å². The molecule has 2 aliphatic rings. The monoisotopic (exact) mass is 440 g/mol. The summed E-state index contributed by atoms with van der Waals surface area (Å²) in [5.41, 5.74) is 3.42. The molecule has 6 nitrogen and oxygen atoms in total. The summed E-state index contributed by atoms with van der Waals surface area (Å²) in [5.74, 6) is -0.0446. The molecular formula is C24H28N2O4S. The molecule has 2 aromatic rings. The summed E-state index contributed by atoms with van der Waals surface area (Å²) in [6, 6.07) is 12.5. The summed E-state index contributed by atoms with van der Waals surface area (Å²) in [7, 11) is -3.67. The van der Waals surface area contributed by atoms with Gasteiger partial charge in [-0.2, -0.15) is 0 Å². The average Bonchev–Trinajstić information content (AvgIpc) is 3.52. The van der Waals surface area contributed by atoms with E-state index in [1.54, 1.807) is 30.0 Å². The Morgan fingerprint density at radius 3 is 2.61 bits per heavy atom. The number of rotatable bonds is 7. The predicted octanol–water partition coefficient (Wildman–Crippen LogP) is 3.74. The number of aryl methyl sites for hydroxylation is 1. The highest BCUT2D eigenvalue weighted by atomic mass is 32.2. The van der Waals surface area contributed by atoms with Gasteiger partial charge in [0, 0.05) is 30.3 Å². The van der Waals surface area contributed by atoms with Crippen LogP contribution in [0.15, 0.2) is 47.4 Å². The molecule has 1 N–H and O–H groups in total. The first-order valence-electron chi connectivity index (χ1n) is 10.9. The number of anilines is 2. The smallest absolute Gasteiger partial charge is 0.230 e. The van der Waals surface area contributed by atoms with E-state index >= 15 is 0 Å². The maximum atomic E-state index is 13.1. The van der Waals surface area contributed by atoms with Crippen LogP contribution in [0.2, 0.25) is 0 Å². The number of carbonyl (C=O) groups is 2.